The van der Waals surface area contributed by atoms with Crippen molar-refractivity contribution in [1.82, 2.24) is 14.8 Å². The van der Waals surface area contributed by atoms with E-state index in [1.807, 2.05) is 0 Å². The number of pyridine rings is 1. The molecule has 0 fully saturated rings. The number of rotatable bonds is 1. The van der Waals surface area contributed by atoms with Gasteiger partial charge in [-0.05, 0) is 25.1 Å². The molecule has 8 heteroatoms. The molecule has 0 aromatic carbocycles. The summed E-state index contributed by atoms with van der Waals surface area (Å²) in [6.07, 6.45) is -3.45. The molecule has 0 amide bonds. The van der Waals surface area contributed by atoms with Gasteiger partial charge in [-0.15, -0.1) is 0 Å². The highest BCUT2D eigenvalue weighted by Crippen LogP contribution is 2.38. The predicted molar refractivity (Wildman–Crippen MR) is 64.7 cm³/mol. The van der Waals surface area contributed by atoms with Crippen molar-refractivity contribution in [3.63, 3.8) is 0 Å². The van der Waals surface area contributed by atoms with E-state index in [0.717, 1.165) is 13.1 Å². The van der Waals surface area contributed by atoms with Crippen LogP contribution >= 0.6 is 0 Å². The Morgan fingerprint density at radius 2 is 2.05 bits per heavy atom. The van der Waals surface area contributed by atoms with Gasteiger partial charge in [-0.1, -0.05) is 0 Å². The Labute approximate surface area is 117 Å². The highest BCUT2D eigenvalue weighted by molar-refractivity contribution is 5.54. The number of hydrogen-bond donors (Lipinski definition) is 0. The van der Waals surface area contributed by atoms with Gasteiger partial charge in [0.05, 0.1) is 30.7 Å². The van der Waals surface area contributed by atoms with E-state index in [1.54, 1.807) is 6.07 Å². The molecule has 1 aliphatic heterocycles. The minimum Gasteiger partial charge on any atom is -0.358 e. The molecule has 0 saturated heterocycles. The van der Waals surface area contributed by atoms with Gasteiger partial charge in [0.25, 0.3) is 0 Å². The monoisotopic (exact) mass is 301 g/mol. The van der Waals surface area contributed by atoms with Gasteiger partial charge >= 0.3 is 6.18 Å². The molecule has 21 heavy (non-hydrogen) atoms. The summed E-state index contributed by atoms with van der Waals surface area (Å²) in [6.45, 7) is 0.380. The molecule has 4 nitrogen and oxygen atoms in total. The van der Waals surface area contributed by atoms with E-state index in [0.29, 0.717) is 17.1 Å². The Balaban J connectivity index is 1.93. The molecule has 1 aliphatic rings. The smallest absolute Gasteiger partial charge is 0.358 e. The van der Waals surface area contributed by atoms with Gasteiger partial charge in [0.2, 0.25) is 0 Å². The zero-order valence-electron chi connectivity index (χ0n) is 11.0. The summed E-state index contributed by atoms with van der Waals surface area (Å²) in [7, 11) is 0. The van der Waals surface area contributed by atoms with Crippen LogP contribution in [0.1, 0.15) is 12.6 Å². The van der Waals surface area contributed by atoms with Crippen LogP contribution in [0.2, 0.25) is 0 Å². The second kappa shape index (κ2) is 4.52. The minimum absolute atomic E-state index is 0.190. The van der Waals surface area contributed by atoms with Crippen LogP contribution in [0.3, 0.4) is 0 Å². The fraction of sp³-hybridized carbons (Fsp3) is 0.385. The minimum atomic E-state index is -4.48. The van der Waals surface area contributed by atoms with Crippen LogP contribution in [0.15, 0.2) is 24.4 Å². The van der Waals surface area contributed by atoms with Crippen molar-refractivity contribution in [2.75, 3.05) is 0 Å². The maximum Gasteiger partial charge on any atom is 0.419 e. The van der Waals surface area contributed by atoms with E-state index in [2.05, 4.69) is 10.1 Å². The third-order valence-electron chi connectivity index (χ3n) is 3.44. The lowest BCUT2D eigenvalue weighted by atomic mass is 10.1. The number of aromatic nitrogens is 3. The first-order chi connectivity index (χ1) is 9.78. The molecule has 1 unspecified atom stereocenters. The molecule has 2 aromatic rings. The molecule has 3 rings (SSSR count). The molecule has 2 aromatic heterocycles. The second-order valence-corrected chi connectivity index (χ2v) is 5.06. The Hall–Kier alpha value is -1.96. The maximum absolute atomic E-state index is 13.0. The number of ether oxygens (including phenoxy) is 1. The first-order valence-corrected chi connectivity index (χ1v) is 6.18. The molecule has 1 atom stereocenters. The number of alkyl halides is 3. The Bertz CT molecular complexity index is 665. The van der Waals surface area contributed by atoms with Crippen LogP contribution in [0.4, 0.5) is 17.6 Å². The molecule has 0 radical (unpaired) electrons. The standard InChI is InChI=1S/C13H11F4N3O/c1-12(13(15,16)17)7-20-9(6-21-12)4-11(19-20)10-3-2-8(14)5-18-10/h2-5H,6-7H2,1H3. The fourth-order valence-corrected chi connectivity index (χ4v) is 2.10. The lowest BCUT2D eigenvalue weighted by Gasteiger charge is -2.35. The van der Waals surface area contributed by atoms with Crippen LogP contribution in [0.25, 0.3) is 11.4 Å². The number of fused-ring (bicyclic) bond motifs is 1. The van der Waals surface area contributed by atoms with Gasteiger partial charge in [0, 0.05) is 0 Å². The van der Waals surface area contributed by atoms with Crippen LogP contribution in [-0.4, -0.2) is 26.5 Å². The quantitative estimate of drug-likeness (QED) is 0.760. The molecule has 0 bridgehead atoms. The van der Waals surface area contributed by atoms with E-state index >= 15 is 0 Å². The van der Waals surface area contributed by atoms with E-state index in [-0.39, 0.29) is 6.61 Å². The lowest BCUT2D eigenvalue weighted by Crippen LogP contribution is -2.51. The molecular formula is C13H11F4N3O. The molecule has 3 heterocycles. The van der Waals surface area contributed by atoms with Crippen LogP contribution in [-0.2, 0) is 17.9 Å². The fourth-order valence-electron chi connectivity index (χ4n) is 2.10. The molecule has 0 aliphatic carbocycles. The van der Waals surface area contributed by atoms with Gasteiger partial charge in [0.15, 0.2) is 5.60 Å². The highest BCUT2D eigenvalue weighted by atomic mass is 19.4. The first-order valence-electron chi connectivity index (χ1n) is 6.18. The third kappa shape index (κ3) is 2.39. The van der Waals surface area contributed by atoms with Crippen molar-refractivity contribution in [3.05, 3.63) is 35.9 Å². The maximum atomic E-state index is 13.0. The average Bonchev–Trinajstić information content (AvgIpc) is 2.81. The number of nitrogens with zero attached hydrogens (tertiary/aromatic N) is 3. The van der Waals surface area contributed by atoms with Crippen LogP contribution in [0, 0.1) is 5.82 Å². The largest absolute Gasteiger partial charge is 0.419 e. The summed E-state index contributed by atoms with van der Waals surface area (Å²) >= 11 is 0. The summed E-state index contributed by atoms with van der Waals surface area (Å²) in [5.41, 5.74) is -0.954. The Morgan fingerprint density at radius 3 is 2.67 bits per heavy atom. The van der Waals surface area contributed by atoms with Gasteiger partial charge in [-0.2, -0.15) is 18.3 Å². The van der Waals surface area contributed by atoms with Crippen molar-refractivity contribution < 1.29 is 22.3 Å². The zero-order chi connectivity index (χ0) is 15.3. The van der Waals surface area contributed by atoms with Crippen LogP contribution in [0.5, 0.6) is 0 Å². The molecular weight excluding hydrogens is 290 g/mol. The zero-order valence-corrected chi connectivity index (χ0v) is 11.0. The summed E-state index contributed by atoms with van der Waals surface area (Å²) in [5, 5.41) is 4.11. The topological polar surface area (TPSA) is 39.9 Å². The number of halogens is 4. The second-order valence-electron chi connectivity index (χ2n) is 5.06. The van der Waals surface area contributed by atoms with Gasteiger partial charge in [0.1, 0.15) is 11.5 Å². The van der Waals surface area contributed by atoms with E-state index < -0.39 is 24.1 Å². The average molecular weight is 301 g/mol. The Kier molecular flexibility index (Phi) is 3.01. The van der Waals surface area contributed by atoms with E-state index in [9.17, 15) is 17.6 Å². The van der Waals surface area contributed by atoms with E-state index in [1.165, 1.54) is 16.8 Å². The van der Waals surface area contributed by atoms with E-state index in [4.69, 9.17) is 4.74 Å². The first kappa shape index (κ1) is 14.0. The molecule has 0 saturated carbocycles. The van der Waals surface area contributed by atoms with Gasteiger partial charge in [-0.3, -0.25) is 9.67 Å². The summed E-state index contributed by atoms with van der Waals surface area (Å²) in [5.74, 6) is -0.490. The van der Waals surface area contributed by atoms with Crippen molar-refractivity contribution in [1.29, 1.82) is 0 Å². The van der Waals surface area contributed by atoms with Gasteiger partial charge < -0.3 is 4.74 Å². The van der Waals surface area contributed by atoms with Crippen molar-refractivity contribution in [2.45, 2.75) is 31.9 Å². The molecule has 0 spiro atoms. The SMILES string of the molecule is CC1(C(F)(F)F)Cn2nc(-c3ccc(F)cn3)cc2CO1. The summed E-state index contributed by atoms with van der Waals surface area (Å²) in [6, 6.07) is 4.24. The summed E-state index contributed by atoms with van der Waals surface area (Å²) in [4.78, 5) is 3.86. The number of hydrogen-bond acceptors (Lipinski definition) is 3. The normalized spacial score (nSPS) is 22.1. The molecule has 112 valence electrons. The summed E-state index contributed by atoms with van der Waals surface area (Å²) < 4.78 is 58.0. The predicted octanol–water partition coefficient (Wildman–Crippen LogP) is 2.94. The Morgan fingerprint density at radius 1 is 1.29 bits per heavy atom. The highest BCUT2D eigenvalue weighted by Gasteiger charge is 2.54. The molecule has 0 N–H and O–H groups in total. The van der Waals surface area contributed by atoms with Crippen molar-refractivity contribution >= 4 is 0 Å². The third-order valence-corrected chi connectivity index (χ3v) is 3.44. The van der Waals surface area contributed by atoms with Gasteiger partial charge in [-0.25, -0.2) is 4.39 Å². The van der Waals surface area contributed by atoms with Crippen molar-refractivity contribution in [3.8, 4) is 11.4 Å². The van der Waals surface area contributed by atoms with Crippen LogP contribution < -0.4 is 0 Å². The lowest BCUT2D eigenvalue weighted by molar-refractivity contribution is -0.287. The van der Waals surface area contributed by atoms with Crippen molar-refractivity contribution in [2.24, 2.45) is 0 Å².